The number of hydrazone groups is 1. The molecule has 2 aromatic carbocycles. The fourth-order valence-corrected chi connectivity index (χ4v) is 1.60. The van der Waals surface area contributed by atoms with Gasteiger partial charge in [0, 0.05) is 0 Å². The molecule has 0 saturated heterocycles. The number of rotatable bonds is 4. The minimum Gasteiger partial charge on any atom is -0.477 e. The van der Waals surface area contributed by atoms with Crippen LogP contribution in [0, 0.1) is 0 Å². The van der Waals surface area contributed by atoms with Crippen molar-refractivity contribution in [1.82, 2.24) is 0 Å². The van der Waals surface area contributed by atoms with Crippen LogP contribution in [0.1, 0.15) is 6.92 Å². The van der Waals surface area contributed by atoms with E-state index in [4.69, 9.17) is 5.11 Å². The summed E-state index contributed by atoms with van der Waals surface area (Å²) < 4.78 is 0. The summed E-state index contributed by atoms with van der Waals surface area (Å²) in [6.07, 6.45) is 0. The molecule has 0 unspecified atom stereocenters. The van der Waals surface area contributed by atoms with Gasteiger partial charge in [0.25, 0.3) is 0 Å². The van der Waals surface area contributed by atoms with Crippen LogP contribution in [-0.4, -0.2) is 16.8 Å². The van der Waals surface area contributed by atoms with Crippen LogP contribution in [0.3, 0.4) is 0 Å². The molecule has 0 spiro atoms. The summed E-state index contributed by atoms with van der Waals surface area (Å²) in [5, 5.41) is 14.7. The topological polar surface area (TPSA) is 52.9 Å². The molecule has 19 heavy (non-hydrogen) atoms. The summed E-state index contributed by atoms with van der Waals surface area (Å²) in [7, 11) is 0. The lowest BCUT2D eigenvalue weighted by molar-refractivity contribution is -0.129. The summed E-state index contributed by atoms with van der Waals surface area (Å²) in [6, 6.07) is 18.9. The van der Waals surface area contributed by atoms with Crippen LogP contribution in [0.5, 0.6) is 0 Å². The standard InChI is InChI=1S/C15H14N2O2/c1-12(15(18)19)16-17(13-8-4-2-5-9-13)14-10-6-3-7-11-14/h2-11H,1H3,(H,18,19). The number of hydrogen-bond donors (Lipinski definition) is 1. The van der Waals surface area contributed by atoms with E-state index in [1.165, 1.54) is 6.92 Å². The van der Waals surface area contributed by atoms with Crippen molar-refractivity contribution in [3.05, 3.63) is 60.7 Å². The molecular formula is C15H14N2O2. The molecule has 0 heterocycles. The molecule has 0 aromatic heterocycles. The van der Waals surface area contributed by atoms with Crippen molar-refractivity contribution in [2.75, 3.05) is 5.01 Å². The number of aliphatic carboxylic acids is 1. The lowest BCUT2D eigenvalue weighted by Crippen LogP contribution is -2.17. The maximum absolute atomic E-state index is 10.9. The van der Waals surface area contributed by atoms with E-state index in [0.717, 1.165) is 11.4 Å². The molecule has 0 aliphatic rings. The van der Waals surface area contributed by atoms with Crippen molar-refractivity contribution in [2.45, 2.75) is 6.92 Å². The van der Waals surface area contributed by atoms with E-state index in [0.29, 0.717) is 0 Å². The van der Waals surface area contributed by atoms with E-state index in [2.05, 4.69) is 5.10 Å². The number of carbonyl (C=O) groups is 1. The molecule has 2 rings (SSSR count). The fraction of sp³-hybridized carbons (Fsp3) is 0.0667. The van der Waals surface area contributed by atoms with Gasteiger partial charge in [0.1, 0.15) is 5.71 Å². The molecule has 0 aliphatic carbocycles. The molecule has 0 radical (unpaired) electrons. The van der Waals surface area contributed by atoms with Crippen LogP contribution in [0.15, 0.2) is 65.8 Å². The van der Waals surface area contributed by atoms with Crippen molar-refractivity contribution in [3.8, 4) is 0 Å². The molecule has 0 fully saturated rings. The Morgan fingerprint density at radius 2 is 1.37 bits per heavy atom. The Balaban J connectivity index is 2.46. The molecule has 4 nitrogen and oxygen atoms in total. The second kappa shape index (κ2) is 5.82. The lowest BCUT2D eigenvalue weighted by atomic mass is 10.2. The third-order valence-corrected chi connectivity index (χ3v) is 2.56. The molecule has 0 bridgehead atoms. The zero-order chi connectivity index (χ0) is 13.7. The van der Waals surface area contributed by atoms with Crippen LogP contribution in [-0.2, 0) is 4.79 Å². The van der Waals surface area contributed by atoms with Gasteiger partial charge in [-0.25, -0.2) is 9.80 Å². The highest BCUT2D eigenvalue weighted by Crippen LogP contribution is 2.25. The zero-order valence-electron chi connectivity index (χ0n) is 10.5. The van der Waals surface area contributed by atoms with Gasteiger partial charge in [0.05, 0.1) is 11.4 Å². The average Bonchev–Trinajstić information content (AvgIpc) is 2.46. The van der Waals surface area contributed by atoms with Gasteiger partial charge < -0.3 is 5.11 Å². The molecule has 2 aromatic rings. The minimum atomic E-state index is -1.03. The number of hydrogen-bond acceptors (Lipinski definition) is 3. The van der Waals surface area contributed by atoms with Crippen molar-refractivity contribution in [2.24, 2.45) is 5.10 Å². The Labute approximate surface area is 111 Å². The smallest absolute Gasteiger partial charge is 0.351 e. The van der Waals surface area contributed by atoms with Crippen LogP contribution >= 0.6 is 0 Å². The third kappa shape index (κ3) is 3.19. The van der Waals surface area contributed by atoms with Gasteiger partial charge in [-0.2, -0.15) is 5.10 Å². The van der Waals surface area contributed by atoms with Crippen molar-refractivity contribution >= 4 is 23.1 Å². The van der Waals surface area contributed by atoms with Gasteiger partial charge in [0.15, 0.2) is 0 Å². The van der Waals surface area contributed by atoms with Gasteiger partial charge in [-0.3, -0.25) is 0 Å². The largest absolute Gasteiger partial charge is 0.477 e. The predicted molar refractivity (Wildman–Crippen MR) is 75.8 cm³/mol. The second-order valence-electron chi connectivity index (χ2n) is 3.97. The van der Waals surface area contributed by atoms with E-state index in [1.807, 2.05) is 60.7 Å². The Bertz CT molecular complexity index is 540. The maximum atomic E-state index is 10.9. The Morgan fingerprint density at radius 3 is 1.74 bits per heavy atom. The van der Waals surface area contributed by atoms with Gasteiger partial charge in [0.2, 0.25) is 0 Å². The SMILES string of the molecule is CC(=NN(c1ccccc1)c1ccccc1)C(=O)O. The quantitative estimate of drug-likeness (QED) is 0.673. The monoisotopic (exact) mass is 254 g/mol. The van der Waals surface area contributed by atoms with Crippen molar-refractivity contribution < 1.29 is 9.90 Å². The van der Waals surface area contributed by atoms with Crippen molar-refractivity contribution in [1.29, 1.82) is 0 Å². The van der Waals surface area contributed by atoms with Crippen molar-refractivity contribution in [3.63, 3.8) is 0 Å². The van der Waals surface area contributed by atoms with Gasteiger partial charge in [-0.05, 0) is 31.2 Å². The predicted octanol–water partition coefficient (Wildman–Crippen LogP) is 3.29. The van der Waals surface area contributed by atoms with E-state index in [9.17, 15) is 4.79 Å². The first-order valence-corrected chi connectivity index (χ1v) is 5.87. The van der Waals surface area contributed by atoms with E-state index < -0.39 is 5.97 Å². The van der Waals surface area contributed by atoms with Gasteiger partial charge in [-0.15, -0.1) is 0 Å². The molecule has 0 aliphatic heterocycles. The van der Waals surface area contributed by atoms with Crippen LogP contribution in [0.2, 0.25) is 0 Å². The molecular weight excluding hydrogens is 240 g/mol. The summed E-state index contributed by atoms with van der Waals surface area (Å²) in [5.41, 5.74) is 1.66. The Morgan fingerprint density at radius 1 is 0.947 bits per heavy atom. The third-order valence-electron chi connectivity index (χ3n) is 2.56. The van der Waals surface area contributed by atoms with Gasteiger partial charge >= 0.3 is 5.97 Å². The first-order valence-electron chi connectivity index (χ1n) is 5.87. The highest BCUT2D eigenvalue weighted by molar-refractivity contribution is 6.34. The first kappa shape index (κ1) is 12.8. The normalized spacial score (nSPS) is 11.1. The molecule has 4 heteroatoms. The second-order valence-corrected chi connectivity index (χ2v) is 3.97. The number of carboxylic acid groups (broad SMARTS) is 1. The lowest BCUT2D eigenvalue weighted by Gasteiger charge is -2.19. The zero-order valence-corrected chi connectivity index (χ0v) is 10.5. The Hall–Kier alpha value is -2.62. The maximum Gasteiger partial charge on any atom is 0.351 e. The van der Waals surface area contributed by atoms with Gasteiger partial charge in [-0.1, -0.05) is 36.4 Å². The number of nitrogens with zero attached hydrogens (tertiary/aromatic N) is 2. The number of benzene rings is 2. The van der Waals surface area contributed by atoms with Crippen LogP contribution in [0.4, 0.5) is 11.4 Å². The molecule has 1 N–H and O–H groups in total. The number of anilines is 2. The number of carboxylic acids is 1. The average molecular weight is 254 g/mol. The van der Waals surface area contributed by atoms with E-state index in [-0.39, 0.29) is 5.71 Å². The fourth-order valence-electron chi connectivity index (χ4n) is 1.60. The Kier molecular flexibility index (Phi) is 3.93. The molecule has 0 saturated carbocycles. The number of para-hydroxylation sites is 2. The van der Waals surface area contributed by atoms with Crippen LogP contribution < -0.4 is 5.01 Å². The highest BCUT2D eigenvalue weighted by Gasteiger charge is 2.10. The molecule has 0 amide bonds. The highest BCUT2D eigenvalue weighted by atomic mass is 16.4. The first-order chi connectivity index (χ1) is 9.18. The summed E-state index contributed by atoms with van der Waals surface area (Å²) in [4.78, 5) is 10.9. The van der Waals surface area contributed by atoms with E-state index >= 15 is 0 Å². The van der Waals surface area contributed by atoms with Crippen LogP contribution in [0.25, 0.3) is 0 Å². The molecule has 0 atom stereocenters. The summed E-state index contributed by atoms with van der Waals surface area (Å²) in [6.45, 7) is 1.47. The molecule has 96 valence electrons. The summed E-state index contributed by atoms with van der Waals surface area (Å²) in [5.74, 6) is -1.03. The summed E-state index contributed by atoms with van der Waals surface area (Å²) >= 11 is 0. The minimum absolute atomic E-state index is 0.0349. The van der Waals surface area contributed by atoms with E-state index in [1.54, 1.807) is 5.01 Å².